The van der Waals surface area contributed by atoms with Crippen molar-refractivity contribution in [3.63, 3.8) is 0 Å². The lowest BCUT2D eigenvalue weighted by Gasteiger charge is -2.30. The maximum absolute atomic E-state index is 14.0. The van der Waals surface area contributed by atoms with Crippen molar-refractivity contribution in [2.45, 2.75) is 46.0 Å². The fourth-order valence-corrected chi connectivity index (χ4v) is 3.98. The molecule has 0 N–H and O–H groups in total. The largest absolute Gasteiger partial charge is 0.449 e. The maximum Gasteiger partial charge on any atom is 0.449 e. The first-order chi connectivity index (χ1) is 13.5. The Labute approximate surface area is 172 Å². The fraction of sp³-hybridized carbons (Fsp3) is 0.474. The number of nitrogens with zero attached hydrogens (tertiary/aromatic N) is 3. The van der Waals surface area contributed by atoms with Crippen LogP contribution in [0.1, 0.15) is 36.0 Å². The Morgan fingerprint density at radius 3 is 2.59 bits per heavy atom. The van der Waals surface area contributed by atoms with E-state index in [9.17, 15) is 26.7 Å². The molecule has 1 atom stereocenters. The minimum atomic E-state index is -4.57. The summed E-state index contributed by atoms with van der Waals surface area (Å²) in [6.07, 6.45) is -4.32. The van der Waals surface area contributed by atoms with Gasteiger partial charge in [0.05, 0.1) is 12.2 Å². The van der Waals surface area contributed by atoms with Gasteiger partial charge in [-0.05, 0) is 58.5 Å². The van der Waals surface area contributed by atoms with E-state index in [0.29, 0.717) is 0 Å². The van der Waals surface area contributed by atoms with Crippen LogP contribution in [0.25, 0.3) is 0 Å². The molecular weight excluding hydrogens is 461 g/mol. The van der Waals surface area contributed by atoms with Crippen molar-refractivity contribution in [2.24, 2.45) is 5.92 Å². The predicted octanol–water partition coefficient (Wildman–Crippen LogP) is 4.86. The highest BCUT2D eigenvalue weighted by molar-refractivity contribution is 9.10. The summed E-state index contributed by atoms with van der Waals surface area (Å²) in [5, 5.41) is 0. The number of carbonyl (C=O) groups is 1. The van der Waals surface area contributed by atoms with Crippen molar-refractivity contribution >= 4 is 21.8 Å². The number of halogens is 6. The Morgan fingerprint density at radius 1 is 1.24 bits per heavy atom. The number of imidazole rings is 1. The van der Waals surface area contributed by atoms with Gasteiger partial charge in [-0.1, -0.05) is 6.92 Å². The minimum Gasteiger partial charge on any atom is -0.335 e. The Kier molecular flexibility index (Phi) is 6.03. The molecule has 0 bridgehead atoms. The lowest BCUT2D eigenvalue weighted by molar-refractivity contribution is -0.148. The van der Waals surface area contributed by atoms with Crippen LogP contribution in [0, 0.1) is 24.5 Å². The Balaban J connectivity index is 1.67. The van der Waals surface area contributed by atoms with Crippen molar-refractivity contribution < 1.29 is 26.7 Å². The molecular formula is C19H19BrF5N3O. The van der Waals surface area contributed by atoms with Crippen LogP contribution >= 0.6 is 15.9 Å². The molecule has 3 rings (SSSR count). The number of alkyl halides is 3. The van der Waals surface area contributed by atoms with Gasteiger partial charge in [0.25, 0.3) is 0 Å². The summed E-state index contributed by atoms with van der Waals surface area (Å²) >= 11 is 3.04. The molecule has 1 aromatic heterocycles. The van der Waals surface area contributed by atoms with E-state index in [-0.39, 0.29) is 65.7 Å². The minimum absolute atomic E-state index is 0.00272. The molecule has 0 fully saturated rings. The topological polar surface area (TPSA) is 38.1 Å². The SMILES string of the molecule is Cc1cc(F)c(CC(C)CC(=O)N2CCn3c(C(F)(F)F)nc(Br)c3C2)cc1F. The van der Waals surface area contributed by atoms with Gasteiger partial charge in [-0.3, -0.25) is 4.79 Å². The summed E-state index contributed by atoms with van der Waals surface area (Å²) in [7, 11) is 0. The van der Waals surface area contributed by atoms with Crippen LogP contribution in [-0.2, 0) is 30.5 Å². The zero-order valence-electron chi connectivity index (χ0n) is 15.8. The smallest absolute Gasteiger partial charge is 0.335 e. The molecule has 0 spiro atoms. The predicted molar refractivity (Wildman–Crippen MR) is 98.9 cm³/mol. The monoisotopic (exact) mass is 479 g/mol. The summed E-state index contributed by atoms with van der Waals surface area (Å²) in [6, 6.07) is 2.27. The van der Waals surface area contributed by atoms with Gasteiger partial charge in [0.15, 0.2) is 0 Å². The third-order valence-electron chi connectivity index (χ3n) is 4.98. The van der Waals surface area contributed by atoms with Gasteiger partial charge in [-0.2, -0.15) is 13.2 Å². The van der Waals surface area contributed by atoms with Crippen LogP contribution in [-0.4, -0.2) is 26.9 Å². The first-order valence-electron chi connectivity index (χ1n) is 9.01. The van der Waals surface area contributed by atoms with Crippen molar-refractivity contribution in [3.8, 4) is 0 Å². The second kappa shape index (κ2) is 8.04. The molecule has 2 heterocycles. The standard InChI is InChI=1S/C19H19BrF5N3O/c1-10(5-12-8-13(21)11(2)7-14(12)22)6-16(29)27-3-4-28-15(9-27)17(20)26-18(28)19(23,24)25/h7-8,10H,3-6,9H2,1-2H3. The van der Waals surface area contributed by atoms with Crippen molar-refractivity contribution in [1.82, 2.24) is 14.5 Å². The molecule has 0 aliphatic carbocycles. The number of amides is 1. The van der Waals surface area contributed by atoms with Crippen LogP contribution in [0.3, 0.4) is 0 Å². The summed E-state index contributed by atoms with van der Waals surface area (Å²) < 4.78 is 68.1. The van der Waals surface area contributed by atoms with Gasteiger partial charge in [-0.15, -0.1) is 0 Å². The van der Waals surface area contributed by atoms with Gasteiger partial charge < -0.3 is 9.47 Å². The summed E-state index contributed by atoms with van der Waals surface area (Å²) in [4.78, 5) is 17.6. The molecule has 10 heteroatoms. The molecule has 1 aromatic carbocycles. The zero-order valence-corrected chi connectivity index (χ0v) is 17.4. The van der Waals surface area contributed by atoms with Gasteiger partial charge in [0.2, 0.25) is 11.7 Å². The average molecular weight is 480 g/mol. The summed E-state index contributed by atoms with van der Waals surface area (Å²) in [5.41, 5.74) is 0.697. The highest BCUT2D eigenvalue weighted by atomic mass is 79.9. The number of aryl methyl sites for hydroxylation is 1. The quantitative estimate of drug-likeness (QED) is 0.587. The van der Waals surface area contributed by atoms with Crippen molar-refractivity contribution in [1.29, 1.82) is 0 Å². The van der Waals surface area contributed by atoms with E-state index in [1.54, 1.807) is 6.92 Å². The molecule has 1 aliphatic heterocycles. The number of carbonyl (C=O) groups excluding carboxylic acids is 1. The van der Waals surface area contributed by atoms with E-state index >= 15 is 0 Å². The van der Waals surface area contributed by atoms with Crippen molar-refractivity contribution in [3.05, 3.63) is 51.0 Å². The molecule has 2 aromatic rings. The van der Waals surface area contributed by atoms with Crippen LogP contribution in [0.2, 0.25) is 0 Å². The molecule has 1 unspecified atom stereocenters. The zero-order chi connectivity index (χ0) is 21.5. The number of benzene rings is 1. The molecule has 4 nitrogen and oxygen atoms in total. The van der Waals surface area contributed by atoms with E-state index < -0.39 is 23.6 Å². The second-order valence-electron chi connectivity index (χ2n) is 7.34. The first kappa shape index (κ1) is 21.7. The molecule has 0 saturated heterocycles. The molecule has 1 amide bonds. The van der Waals surface area contributed by atoms with Gasteiger partial charge >= 0.3 is 6.18 Å². The third-order valence-corrected chi connectivity index (χ3v) is 5.62. The van der Waals surface area contributed by atoms with E-state index in [4.69, 9.17) is 0 Å². The number of rotatable bonds is 4. The normalized spacial score (nSPS) is 15.4. The first-order valence-corrected chi connectivity index (χ1v) is 9.81. The fourth-order valence-electron chi connectivity index (χ4n) is 3.48. The van der Waals surface area contributed by atoms with E-state index in [2.05, 4.69) is 20.9 Å². The van der Waals surface area contributed by atoms with Crippen LogP contribution in [0.4, 0.5) is 22.0 Å². The van der Waals surface area contributed by atoms with Gasteiger partial charge in [0, 0.05) is 19.5 Å². The number of hydrogen-bond acceptors (Lipinski definition) is 2. The van der Waals surface area contributed by atoms with E-state index in [1.807, 2.05) is 0 Å². The van der Waals surface area contributed by atoms with Crippen LogP contribution in [0.5, 0.6) is 0 Å². The molecule has 0 saturated carbocycles. The Bertz CT molecular complexity index is 941. The number of hydrogen-bond donors (Lipinski definition) is 0. The Hall–Kier alpha value is -1.97. The van der Waals surface area contributed by atoms with Crippen molar-refractivity contribution in [2.75, 3.05) is 6.54 Å². The van der Waals surface area contributed by atoms with Gasteiger partial charge in [-0.25, -0.2) is 13.8 Å². The summed E-state index contributed by atoms with van der Waals surface area (Å²) in [5.74, 6) is -2.53. The number of fused-ring (bicyclic) bond motifs is 1. The lowest BCUT2D eigenvalue weighted by Crippen LogP contribution is -2.39. The molecule has 158 valence electrons. The third kappa shape index (κ3) is 4.62. The van der Waals surface area contributed by atoms with E-state index in [1.165, 1.54) is 11.8 Å². The van der Waals surface area contributed by atoms with Gasteiger partial charge in [0.1, 0.15) is 16.2 Å². The van der Waals surface area contributed by atoms with Crippen LogP contribution in [0.15, 0.2) is 16.7 Å². The highest BCUT2D eigenvalue weighted by Gasteiger charge is 2.40. The van der Waals surface area contributed by atoms with E-state index in [0.717, 1.165) is 16.7 Å². The van der Waals surface area contributed by atoms with Crippen LogP contribution < -0.4 is 0 Å². The Morgan fingerprint density at radius 2 is 1.93 bits per heavy atom. The molecule has 0 radical (unpaired) electrons. The molecule has 29 heavy (non-hydrogen) atoms. The number of aromatic nitrogens is 2. The second-order valence-corrected chi connectivity index (χ2v) is 8.09. The molecule has 1 aliphatic rings. The highest BCUT2D eigenvalue weighted by Crippen LogP contribution is 2.34. The lowest BCUT2D eigenvalue weighted by atomic mass is 9.96. The summed E-state index contributed by atoms with van der Waals surface area (Å²) in [6.45, 7) is 3.33. The average Bonchev–Trinajstić information content (AvgIpc) is 2.96. The maximum atomic E-state index is 14.0.